The van der Waals surface area contributed by atoms with Crippen molar-refractivity contribution in [1.29, 1.82) is 0 Å². The van der Waals surface area contributed by atoms with E-state index in [4.69, 9.17) is 4.74 Å². The van der Waals surface area contributed by atoms with Gasteiger partial charge >= 0.3 is 6.09 Å². The highest BCUT2D eigenvalue weighted by molar-refractivity contribution is 5.92. The monoisotopic (exact) mass is 327 g/mol. The summed E-state index contributed by atoms with van der Waals surface area (Å²) in [5, 5.41) is 8.84. The van der Waals surface area contributed by atoms with E-state index in [1.54, 1.807) is 4.90 Å². The molecule has 1 aromatic heterocycles. The zero-order valence-electron chi connectivity index (χ0n) is 14.8. The molecule has 1 N–H and O–H groups in total. The quantitative estimate of drug-likeness (QED) is 0.901. The number of fused-ring (bicyclic) bond motifs is 1. The summed E-state index contributed by atoms with van der Waals surface area (Å²) in [6.07, 6.45) is 3.61. The Labute approximate surface area is 142 Å². The molecule has 0 spiro atoms. The second-order valence-corrected chi connectivity index (χ2v) is 7.17. The van der Waals surface area contributed by atoms with Gasteiger partial charge in [0.15, 0.2) is 0 Å². The Hall–Kier alpha value is -2.30. The Balaban J connectivity index is 1.80. The van der Waals surface area contributed by atoms with Crippen LogP contribution in [0.5, 0.6) is 0 Å². The van der Waals surface area contributed by atoms with Gasteiger partial charge in [0, 0.05) is 18.5 Å². The van der Waals surface area contributed by atoms with Gasteiger partial charge in [-0.3, -0.25) is 5.10 Å². The third-order valence-corrected chi connectivity index (χ3v) is 4.23. The number of carbonyl (C=O) groups is 1. The van der Waals surface area contributed by atoms with Crippen LogP contribution in [0.2, 0.25) is 0 Å². The lowest BCUT2D eigenvalue weighted by Crippen LogP contribution is -2.39. The molecule has 3 rings (SSSR count). The van der Waals surface area contributed by atoms with E-state index in [-0.39, 0.29) is 6.09 Å². The Bertz CT molecular complexity index is 783. The van der Waals surface area contributed by atoms with Gasteiger partial charge in [-0.2, -0.15) is 5.10 Å². The van der Waals surface area contributed by atoms with E-state index in [1.165, 1.54) is 11.1 Å². The molecule has 0 saturated heterocycles. The number of H-pyrrole nitrogens is 1. The molecule has 1 aromatic carbocycles. The third-order valence-electron chi connectivity index (χ3n) is 4.23. The van der Waals surface area contributed by atoms with Crippen molar-refractivity contribution >= 4 is 22.6 Å². The molecule has 5 heteroatoms. The third kappa shape index (κ3) is 3.30. The fourth-order valence-electron chi connectivity index (χ4n) is 3.02. The largest absolute Gasteiger partial charge is 0.444 e. The van der Waals surface area contributed by atoms with Crippen molar-refractivity contribution in [3.63, 3.8) is 0 Å². The lowest BCUT2D eigenvalue weighted by atomic mass is 10.00. The number of ether oxygens (including phenoxy) is 1. The van der Waals surface area contributed by atoms with Crippen LogP contribution in [0.4, 0.5) is 4.79 Å². The number of para-hydroxylation sites is 1. The Morgan fingerprint density at radius 2 is 2.17 bits per heavy atom. The van der Waals surface area contributed by atoms with E-state index in [9.17, 15) is 4.79 Å². The maximum absolute atomic E-state index is 12.2. The van der Waals surface area contributed by atoms with Gasteiger partial charge in [-0.15, -0.1) is 0 Å². The second-order valence-electron chi connectivity index (χ2n) is 7.17. The van der Waals surface area contributed by atoms with Gasteiger partial charge in [0.05, 0.1) is 11.2 Å². The van der Waals surface area contributed by atoms with E-state index >= 15 is 0 Å². The number of nitrogens with one attached hydrogen (secondary N) is 1. The van der Waals surface area contributed by atoms with Gasteiger partial charge in [-0.25, -0.2) is 4.79 Å². The molecular formula is C19H25N3O2. The molecule has 2 heterocycles. The molecule has 0 unspecified atom stereocenters. The number of nitrogens with zero attached hydrogens (tertiary/aromatic N) is 2. The number of amides is 1. The number of hydrogen-bond acceptors (Lipinski definition) is 3. The molecule has 0 radical (unpaired) electrons. The van der Waals surface area contributed by atoms with Crippen LogP contribution in [-0.2, 0) is 11.2 Å². The molecule has 0 fully saturated rings. The summed E-state index contributed by atoms with van der Waals surface area (Å²) in [4.78, 5) is 13.9. The normalized spacial score (nSPS) is 15.5. The van der Waals surface area contributed by atoms with Crippen molar-refractivity contribution in [2.75, 3.05) is 13.1 Å². The van der Waals surface area contributed by atoms with Crippen LogP contribution >= 0.6 is 0 Å². The number of aryl methyl sites for hydroxylation is 1. The summed E-state index contributed by atoms with van der Waals surface area (Å²) >= 11 is 0. The molecule has 5 nitrogen and oxygen atoms in total. The molecular weight excluding hydrogens is 302 g/mol. The van der Waals surface area contributed by atoms with Gasteiger partial charge in [-0.1, -0.05) is 31.2 Å². The van der Waals surface area contributed by atoms with Crippen molar-refractivity contribution in [3.8, 4) is 0 Å². The van der Waals surface area contributed by atoms with Crippen molar-refractivity contribution in [2.45, 2.75) is 46.1 Å². The lowest BCUT2D eigenvalue weighted by Gasteiger charge is -2.29. The van der Waals surface area contributed by atoms with E-state index in [0.29, 0.717) is 13.1 Å². The molecule has 0 atom stereocenters. The summed E-state index contributed by atoms with van der Waals surface area (Å²) in [6.45, 7) is 9.03. The van der Waals surface area contributed by atoms with Crippen LogP contribution in [0.1, 0.15) is 45.4 Å². The van der Waals surface area contributed by atoms with Crippen molar-refractivity contribution in [2.24, 2.45) is 0 Å². The Kier molecular flexibility index (Phi) is 4.35. The molecule has 0 aliphatic carbocycles. The van der Waals surface area contributed by atoms with Crippen LogP contribution < -0.4 is 0 Å². The average Bonchev–Trinajstić information content (AvgIpc) is 2.97. The van der Waals surface area contributed by atoms with Gasteiger partial charge in [0.2, 0.25) is 0 Å². The molecule has 1 amide bonds. The maximum Gasteiger partial charge on any atom is 0.410 e. The predicted octanol–water partition coefficient (Wildman–Crippen LogP) is 4.15. The molecule has 1 aliphatic rings. The minimum absolute atomic E-state index is 0.250. The first-order chi connectivity index (χ1) is 11.4. The summed E-state index contributed by atoms with van der Waals surface area (Å²) in [6, 6.07) is 6.30. The maximum atomic E-state index is 12.2. The Morgan fingerprint density at radius 3 is 2.79 bits per heavy atom. The lowest BCUT2D eigenvalue weighted by molar-refractivity contribution is 0.0270. The number of aromatic nitrogens is 2. The first kappa shape index (κ1) is 16.6. The van der Waals surface area contributed by atoms with Crippen molar-refractivity contribution < 1.29 is 9.53 Å². The molecule has 24 heavy (non-hydrogen) atoms. The average molecular weight is 327 g/mol. The summed E-state index contributed by atoms with van der Waals surface area (Å²) in [5.41, 5.74) is 4.12. The second kappa shape index (κ2) is 6.30. The molecule has 128 valence electrons. The van der Waals surface area contributed by atoms with E-state index in [1.807, 2.05) is 20.8 Å². The van der Waals surface area contributed by atoms with Gasteiger partial charge in [0.25, 0.3) is 0 Å². The van der Waals surface area contributed by atoms with Crippen LogP contribution in [0, 0.1) is 0 Å². The van der Waals surface area contributed by atoms with Crippen LogP contribution in [0.15, 0.2) is 24.3 Å². The molecule has 0 bridgehead atoms. The van der Waals surface area contributed by atoms with E-state index < -0.39 is 5.60 Å². The first-order valence-electron chi connectivity index (χ1n) is 8.52. The number of carbonyl (C=O) groups excluding carboxylic acids is 1. The highest BCUT2D eigenvalue weighted by atomic mass is 16.6. The summed E-state index contributed by atoms with van der Waals surface area (Å²) < 4.78 is 5.44. The Morgan fingerprint density at radius 1 is 1.38 bits per heavy atom. The topological polar surface area (TPSA) is 58.2 Å². The van der Waals surface area contributed by atoms with E-state index in [2.05, 4.69) is 41.4 Å². The van der Waals surface area contributed by atoms with Crippen LogP contribution in [0.3, 0.4) is 0 Å². The number of benzene rings is 1. The van der Waals surface area contributed by atoms with Gasteiger partial charge < -0.3 is 9.64 Å². The smallest absolute Gasteiger partial charge is 0.410 e. The van der Waals surface area contributed by atoms with E-state index in [0.717, 1.165) is 29.4 Å². The van der Waals surface area contributed by atoms with Gasteiger partial charge in [-0.05, 0) is 44.7 Å². The van der Waals surface area contributed by atoms with Crippen molar-refractivity contribution in [3.05, 3.63) is 35.5 Å². The predicted molar refractivity (Wildman–Crippen MR) is 95.9 cm³/mol. The standard InChI is InChI=1S/C19H25N3O2/c1-5-13-7-6-8-15-16(13)20-21-17(15)14-9-11-22(12-10-14)18(23)24-19(2,3)4/h6-9H,5,10-12H2,1-4H3,(H,20,21). The number of aromatic amines is 1. The first-order valence-corrected chi connectivity index (χ1v) is 8.52. The minimum Gasteiger partial charge on any atom is -0.444 e. The number of rotatable bonds is 2. The van der Waals surface area contributed by atoms with Crippen LogP contribution in [0.25, 0.3) is 16.5 Å². The zero-order valence-corrected chi connectivity index (χ0v) is 14.8. The minimum atomic E-state index is -0.461. The summed E-state index contributed by atoms with van der Waals surface area (Å²) in [5.74, 6) is 0. The molecule has 0 saturated carbocycles. The molecule has 2 aromatic rings. The summed E-state index contributed by atoms with van der Waals surface area (Å²) in [7, 11) is 0. The SMILES string of the molecule is CCc1cccc2c(C3=CCN(C(=O)OC(C)(C)C)CC3)[nH]nc12. The van der Waals surface area contributed by atoms with Gasteiger partial charge in [0.1, 0.15) is 5.60 Å². The highest BCUT2D eigenvalue weighted by Crippen LogP contribution is 2.29. The van der Waals surface area contributed by atoms with Crippen LogP contribution in [-0.4, -0.2) is 39.9 Å². The highest BCUT2D eigenvalue weighted by Gasteiger charge is 2.24. The number of hydrogen-bond donors (Lipinski definition) is 1. The zero-order chi connectivity index (χ0) is 17.3. The fourth-order valence-corrected chi connectivity index (χ4v) is 3.02. The fraction of sp³-hybridized carbons (Fsp3) is 0.474. The van der Waals surface area contributed by atoms with Crippen molar-refractivity contribution in [1.82, 2.24) is 15.1 Å². The molecule has 1 aliphatic heterocycles.